The average Bonchev–Trinajstić information content (AvgIpc) is 2.53. The minimum absolute atomic E-state index is 0.0698. The van der Waals surface area contributed by atoms with Crippen molar-refractivity contribution in [3.8, 4) is 5.75 Å². The molecule has 0 N–H and O–H groups in total. The van der Waals surface area contributed by atoms with Crippen LogP contribution in [0.1, 0.15) is 39.0 Å². The van der Waals surface area contributed by atoms with Crippen LogP contribution < -0.4 is 9.64 Å². The highest BCUT2D eigenvalue weighted by Gasteiger charge is 2.39. The number of para-hydroxylation sites is 2. The summed E-state index contributed by atoms with van der Waals surface area (Å²) in [7, 11) is 0. The molecular weight excluding hydrogens is 282 g/mol. The Bertz CT molecular complexity index is 525. The smallest absolute Gasteiger partial charge is 0.267 e. The van der Waals surface area contributed by atoms with Crippen molar-refractivity contribution in [1.29, 1.82) is 0 Å². The van der Waals surface area contributed by atoms with Crippen molar-refractivity contribution in [2.45, 2.75) is 45.1 Å². The zero-order valence-electron chi connectivity index (χ0n) is 12.5. The van der Waals surface area contributed by atoms with Gasteiger partial charge in [-0.15, -0.1) is 0 Å². The van der Waals surface area contributed by atoms with E-state index < -0.39 is 6.10 Å². The maximum absolute atomic E-state index is 12.6. The molecule has 21 heavy (non-hydrogen) atoms. The molecule has 1 atom stereocenters. The quantitative estimate of drug-likeness (QED) is 0.863. The van der Waals surface area contributed by atoms with Gasteiger partial charge in [0.1, 0.15) is 5.75 Å². The highest BCUT2D eigenvalue weighted by Crippen LogP contribution is 2.42. The second-order valence-corrected chi connectivity index (χ2v) is 6.69. The number of thiol groups is 1. The van der Waals surface area contributed by atoms with E-state index in [1.54, 1.807) is 0 Å². The molecule has 0 aromatic heterocycles. The van der Waals surface area contributed by atoms with Crippen molar-refractivity contribution in [2.75, 3.05) is 17.2 Å². The van der Waals surface area contributed by atoms with E-state index in [1.807, 2.05) is 36.1 Å². The first kappa shape index (κ1) is 14.8. The zero-order valence-corrected chi connectivity index (χ0v) is 13.4. The van der Waals surface area contributed by atoms with Gasteiger partial charge in [0.2, 0.25) is 0 Å². The largest absolute Gasteiger partial charge is 0.479 e. The number of anilines is 1. The number of benzene rings is 1. The molecule has 1 fully saturated rings. The van der Waals surface area contributed by atoms with Crippen molar-refractivity contribution in [2.24, 2.45) is 5.41 Å². The number of carbonyl (C=O) groups excluding carboxylic acids is 1. The van der Waals surface area contributed by atoms with Crippen molar-refractivity contribution in [3.63, 3.8) is 0 Å². The van der Waals surface area contributed by atoms with Gasteiger partial charge < -0.3 is 9.64 Å². The summed E-state index contributed by atoms with van der Waals surface area (Å²) < 4.78 is 5.72. The van der Waals surface area contributed by atoms with Gasteiger partial charge >= 0.3 is 0 Å². The summed E-state index contributed by atoms with van der Waals surface area (Å²) in [5, 5.41) is 0. The zero-order chi connectivity index (χ0) is 14.9. The van der Waals surface area contributed by atoms with Gasteiger partial charge in [0.05, 0.1) is 5.69 Å². The van der Waals surface area contributed by atoms with Gasteiger partial charge in [0.15, 0.2) is 6.10 Å². The Morgan fingerprint density at radius 3 is 2.71 bits per heavy atom. The van der Waals surface area contributed by atoms with Crippen LogP contribution in [0.3, 0.4) is 0 Å². The van der Waals surface area contributed by atoms with Crippen LogP contribution in [0.25, 0.3) is 0 Å². The number of rotatable bonds is 3. The van der Waals surface area contributed by atoms with E-state index in [4.69, 9.17) is 4.74 Å². The number of ether oxygens (including phenoxy) is 1. The maximum atomic E-state index is 12.6. The molecular formula is C17H23NO2S. The molecule has 114 valence electrons. The Hall–Kier alpha value is -1.16. The SMILES string of the molecule is CC1Oc2ccccc2N(CC2(CS)CCCCC2)C1=O. The molecule has 1 aliphatic carbocycles. The molecule has 2 aliphatic rings. The van der Waals surface area contributed by atoms with Gasteiger partial charge in [-0.25, -0.2) is 0 Å². The van der Waals surface area contributed by atoms with Gasteiger partial charge in [-0.1, -0.05) is 31.4 Å². The Balaban J connectivity index is 1.91. The Morgan fingerprint density at radius 1 is 1.29 bits per heavy atom. The summed E-state index contributed by atoms with van der Waals surface area (Å²) in [5.74, 6) is 1.73. The fourth-order valence-corrected chi connectivity index (χ4v) is 3.94. The summed E-state index contributed by atoms with van der Waals surface area (Å²) >= 11 is 4.60. The summed E-state index contributed by atoms with van der Waals surface area (Å²) in [6, 6.07) is 7.84. The number of hydrogen-bond acceptors (Lipinski definition) is 3. The molecule has 1 aromatic rings. The maximum Gasteiger partial charge on any atom is 0.267 e. The lowest BCUT2D eigenvalue weighted by molar-refractivity contribution is -0.126. The fourth-order valence-electron chi connectivity index (χ4n) is 3.53. The van der Waals surface area contributed by atoms with Crippen LogP contribution in [0.15, 0.2) is 24.3 Å². The molecule has 3 nitrogen and oxygen atoms in total. The summed E-state index contributed by atoms with van der Waals surface area (Å²) in [5.41, 5.74) is 1.06. The minimum atomic E-state index is -0.402. The first-order valence-electron chi connectivity index (χ1n) is 7.83. The summed E-state index contributed by atoms with van der Waals surface area (Å²) in [6.45, 7) is 2.60. The van der Waals surface area contributed by atoms with Gasteiger partial charge in [0, 0.05) is 6.54 Å². The van der Waals surface area contributed by atoms with E-state index >= 15 is 0 Å². The molecule has 1 unspecified atom stereocenters. The Labute approximate surface area is 132 Å². The number of fused-ring (bicyclic) bond motifs is 1. The molecule has 3 rings (SSSR count). The standard InChI is InChI=1S/C17H23NO2S/c1-13-16(19)18(14-7-3-4-8-15(14)20-13)11-17(12-21)9-5-2-6-10-17/h3-4,7-8,13,21H,2,5-6,9-12H2,1H3. The Morgan fingerprint density at radius 2 is 2.00 bits per heavy atom. The number of carbonyl (C=O) groups is 1. The van der Waals surface area contributed by atoms with Gasteiger partial charge in [-0.05, 0) is 43.1 Å². The normalized spacial score (nSPS) is 24.4. The highest BCUT2D eigenvalue weighted by atomic mass is 32.1. The minimum Gasteiger partial charge on any atom is -0.479 e. The van der Waals surface area contributed by atoms with Crippen LogP contribution in [0.5, 0.6) is 5.75 Å². The van der Waals surface area contributed by atoms with Crippen LogP contribution in [0.4, 0.5) is 5.69 Å². The molecule has 0 saturated heterocycles. The van der Waals surface area contributed by atoms with E-state index in [9.17, 15) is 4.79 Å². The van der Waals surface area contributed by atoms with Crippen molar-refractivity contribution in [1.82, 2.24) is 0 Å². The second kappa shape index (κ2) is 5.91. The van der Waals surface area contributed by atoms with Crippen LogP contribution >= 0.6 is 12.6 Å². The molecule has 1 amide bonds. The third kappa shape index (κ3) is 2.78. The van der Waals surface area contributed by atoms with Crippen molar-refractivity contribution < 1.29 is 9.53 Å². The van der Waals surface area contributed by atoms with Gasteiger partial charge in [0.25, 0.3) is 5.91 Å². The predicted octanol–water partition coefficient (Wildman–Crippen LogP) is 3.68. The summed E-state index contributed by atoms with van der Waals surface area (Å²) in [4.78, 5) is 14.5. The molecule has 0 bridgehead atoms. The van der Waals surface area contributed by atoms with Crippen LogP contribution in [-0.4, -0.2) is 24.3 Å². The van der Waals surface area contributed by atoms with E-state index in [1.165, 1.54) is 19.3 Å². The van der Waals surface area contributed by atoms with Gasteiger partial charge in [-0.3, -0.25) is 4.79 Å². The van der Waals surface area contributed by atoms with Gasteiger partial charge in [-0.2, -0.15) is 12.6 Å². The lowest BCUT2D eigenvalue weighted by atomic mass is 9.75. The topological polar surface area (TPSA) is 29.5 Å². The van der Waals surface area contributed by atoms with Crippen molar-refractivity contribution >= 4 is 24.2 Å². The number of amides is 1. The fraction of sp³-hybridized carbons (Fsp3) is 0.588. The first-order valence-corrected chi connectivity index (χ1v) is 8.46. The van der Waals surface area contributed by atoms with E-state index in [0.29, 0.717) is 0 Å². The molecule has 1 saturated carbocycles. The van der Waals surface area contributed by atoms with E-state index in [2.05, 4.69) is 12.6 Å². The number of nitrogens with zero attached hydrogens (tertiary/aromatic N) is 1. The van der Waals surface area contributed by atoms with E-state index in [-0.39, 0.29) is 11.3 Å². The Kier molecular flexibility index (Phi) is 4.16. The highest BCUT2D eigenvalue weighted by molar-refractivity contribution is 7.80. The van der Waals surface area contributed by atoms with Crippen LogP contribution in [0, 0.1) is 5.41 Å². The monoisotopic (exact) mass is 305 g/mol. The average molecular weight is 305 g/mol. The van der Waals surface area contributed by atoms with E-state index in [0.717, 1.165) is 36.6 Å². The lowest BCUT2D eigenvalue weighted by Crippen LogP contribution is -2.50. The summed E-state index contributed by atoms with van der Waals surface area (Å²) in [6.07, 6.45) is 5.72. The first-order chi connectivity index (χ1) is 10.2. The molecule has 0 radical (unpaired) electrons. The molecule has 0 spiro atoms. The lowest BCUT2D eigenvalue weighted by Gasteiger charge is -2.42. The van der Waals surface area contributed by atoms with Crippen molar-refractivity contribution in [3.05, 3.63) is 24.3 Å². The molecule has 1 aliphatic heterocycles. The van der Waals surface area contributed by atoms with Crippen LogP contribution in [0.2, 0.25) is 0 Å². The second-order valence-electron chi connectivity index (χ2n) is 6.37. The third-order valence-electron chi connectivity index (χ3n) is 4.82. The third-order valence-corrected chi connectivity index (χ3v) is 5.49. The predicted molar refractivity (Wildman–Crippen MR) is 88.3 cm³/mol. The molecule has 1 heterocycles. The molecule has 4 heteroatoms. The van der Waals surface area contributed by atoms with Crippen LogP contribution in [-0.2, 0) is 4.79 Å². The molecule has 1 aromatic carbocycles. The number of hydrogen-bond donors (Lipinski definition) is 1.